The lowest BCUT2D eigenvalue weighted by Gasteiger charge is -2.10. The van der Waals surface area contributed by atoms with Crippen molar-refractivity contribution in [2.45, 2.75) is 6.42 Å². The summed E-state index contributed by atoms with van der Waals surface area (Å²) in [6.45, 7) is 3.40. The van der Waals surface area contributed by atoms with Crippen molar-refractivity contribution < 1.29 is 19.4 Å². The molecule has 4 nitrogen and oxygen atoms in total. The number of allylic oxidation sites excluding steroid dienone is 1. The average Bonchev–Trinajstić information content (AvgIpc) is 2.30. The Hall–Kier alpha value is -1.97. The molecule has 0 atom stereocenters. The van der Waals surface area contributed by atoms with Gasteiger partial charge >= 0.3 is 0 Å². The zero-order valence-electron chi connectivity index (χ0n) is 9.32. The summed E-state index contributed by atoms with van der Waals surface area (Å²) < 4.78 is 9.95. The van der Waals surface area contributed by atoms with Crippen LogP contribution in [0, 0.1) is 0 Å². The van der Waals surface area contributed by atoms with Gasteiger partial charge in [-0.25, -0.2) is 0 Å². The van der Waals surface area contributed by atoms with Crippen molar-refractivity contribution in [3.8, 4) is 17.2 Å². The molecule has 0 fully saturated rings. The van der Waals surface area contributed by atoms with Crippen molar-refractivity contribution in [3.63, 3.8) is 0 Å². The smallest absolute Gasteiger partial charge is 0.200 e. The van der Waals surface area contributed by atoms with E-state index in [1.165, 1.54) is 20.3 Å². The molecule has 1 aromatic rings. The molecule has 16 heavy (non-hydrogen) atoms. The summed E-state index contributed by atoms with van der Waals surface area (Å²) in [5, 5.41) is 9.65. The van der Waals surface area contributed by atoms with Crippen LogP contribution in [-0.2, 0) is 11.2 Å². The standard InChI is InChI=1S/C12H14O4/c1-4-9(13)5-8-6-10(15-2)12(14)11(7-8)16-3/h4,6-7,14H,1,5H2,2-3H3. The second-order valence-electron chi connectivity index (χ2n) is 3.20. The summed E-state index contributed by atoms with van der Waals surface area (Å²) in [6.07, 6.45) is 1.46. The van der Waals surface area contributed by atoms with E-state index < -0.39 is 0 Å². The second kappa shape index (κ2) is 5.21. The summed E-state index contributed by atoms with van der Waals surface area (Å²) >= 11 is 0. The first kappa shape index (κ1) is 12.1. The Bertz CT molecular complexity index is 384. The Morgan fingerprint density at radius 2 is 1.88 bits per heavy atom. The van der Waals surface area contributed by atoms with Crippen LogP contribution in [0.4, 0.5) is 0 Å². The minimum Gasteiger partial charge on any atom is -0.502 e. The van der Waals surface area contributed by atoms with E-state index in [0.29, 0.717) is 5.56 Å². The molecule has 0 saturated heterocycles. The molecule has 0 aliphatic carbocycles. The van der Waals surface area contributed by atoms with Gasteiger partial charge in [0.1, 0.15) is 0 Å². The van der Waals surface area contributed by atoms with Crippen LogP contribution in [0.25, 0.3) is 0 Å². The van der Waals surface area contributed by atoms with Crippen LogP contribution in [0.2, 0.25) is 0 Å². The molecule has 1 rings (SSSR count). The largest absolute Gasteiger partial charge is 0.502 e. The first-order chi connectivity index (χ1) is 7.62. The number of hydrogen-bond donors (Lipinski definition) is 1. The maximum absolute atomic E-state index is 11.2. The number of rotatable bonds is 5. The third-order valence-electron chi connectivity index (χ3n) is 2.15. The van der Waals surface area contributed by atoms with E-state index in [0.717, 1.165) is 0 Å². The summed E-state index contributed by atoms with van der Waals surface area (Å²) in [6, 6.07) is 3.19. The minimum absolute atomic E-state index is 0.0696. The van der Waals surface area contributed by atoms with Crippen LogP contribution in [0.3, 0.4) is 0 Å². The van der Waals surface area contributed by atoms with E-state index in [1.54, 1.807) is 12.1 Å². The number of ether oxygens (including phenoxy) is 2. The third-order valence-corrected chi connectivity index (χ3v) is 2.15. The fraction of sp³-hybridized carbons (Fsp3) is 0.250. The monoisotopic (exact) mass is 222 g/mol. The van der Waals surface area contributed by atoms with Crippen molar-refractivity contribution in [1.29, 1.82) is 0 Å². The lowest BCUT2D eigenvalue weighted by molar-refractivity contribution is -0.114. The van der Waals surface area contributed by atoms with Gasteiger partial charge in [-0.1, -0.05) is 6.58 Å². The van der Waals surface area contributed by atoms with E-state index in [9.17, 15) is 9.90 Å². The van der Waals surface area contributed by atoms with Crippen molar-refractivity contribution in [1.82, 2.24) is 0 Å². The Kier molecular flexibility index (Phi) is 3.94. The SMILES string of the molecule is C=CC(=O)Cc1cc(OC)c(O)c(OC)c1. The van der Waals surface area contributed by atoms with Crippen LogP contribution >= 0.6 is 0 Å². The molecule has 0 aromatic heterocycles. The third kappa shape index (κ3) is 2.53. The first-order valence-electron chi connectivity index (χ1n) is 4.71. The number of methoxy groups -OCH3 is 2. The minimum atomic E-state index is -0.102. The maximum Gasteiger partial charge on any atom is 0.200 e. The molecule has 0 aliphatic rings. The molecule has 0 heterocycles. The van der Waals surface area contributed by atoms with Crippen LogP contribution < -0.4 is 9.47 Å². The highest BCUT2D eigenvalue weighted by molar-refractivity contribution is 5.91. The highest BCUT2D eigenvalue weighted by Gasteiger charge is 2.12. The van der Waals surface area contributed by atoms with Gasteiger partial charge in [-0.2, -0.15) is 0 Å². The van der Waals surface area contributed by atoms with E-state index in [4.69, 9.17) is 9.47 Å². The van der Waals surface area contributed by atoms with Gasteiger partial charge in [0.05, 0.1) is 14.2 Å². The Morgan fingerprint density at radius 1 is 1.38 bits per heavy atom. The molecule has 0 spiro atoms. The predicted octanol–water partition coefficient (Wildman–Crippen LogP) is 1.71. The molecule has 4 heteroatoms. The summed E-state index contributed by atoms with van der Waals surface area (Å²) in [5.74, 6) is 0.395. The number of carbonyl (C=O) groups excluding carboxylic acids is 1. The first-order valence-corrected chi connectivity index (χ1v) is 4.71. The lowest BCUT2D eigenvalue weighted by atomic mass is 10.1. The van der Waals surface area contributed by atoms with Gasteiger partial charge in [-0.3, -0.25) is 4.79 Å². The highest BCUT2D eigenvalue weighted by atomic mass is 16.5. The molecule has 0 radical (unpaired) electrons. The van der Waals surface area contributed by atoms with Crippen LogP contribution in [0.5, 0.6) is 17.2 Å². The van der Waals surface area contributed by atoms with E-state index in [1.807, 2.05) is 0 Å². The summed E-state index contributed by atoms with van der Waals surface area (Å²) in [4.78, 5) is 11.2. The van der Waals surface area contributed by atoms with Crippen LogP contribution in [0.15, 0.2) is 24.8 Å². The molecule has 0 saturated carbocycles. The number of aromatic hydroxyl groups is 1. The van der Waals surface area contributed by atoms with E-state index in [-0.39, 0.29) is 29.5 Å². The zero-order chi connectivity index (χ0) is 12.1. The van der Waals surface area contributed by atoms with E-state index >= 15 is 0 Å². The number of phenolic OH excluding ortho intramolecular Hbond substituents is 1. The second-order valence-corrected chi connectivity index (χ2v) is 3.20. The Balaban J connectivity index is 3.11. The number of benzene rings is 1. The zero-order valence-corrected chi connectivity index (χ0v) is 9.32. The van der Waals surface area contributed by atoms with Crippen molar-refractivity contribution in [2.75, 3.05) is 14.2 Å². The molecule has 86 valence electrons. The summed E-state index contributed by atoms with van der Waals surface area (Å²) in [5.41, 5.74) is 0.705. The topological polar surface area (TPSA) is 55.8 Å². The number of hydrogen-bond acceptors (Lipinski definition) is 4. The molecular formula is C12H14O4. The number of carbonyl (C=O) groups is 1. The quantitative estimate of drug-likeness (QED) is 0.770. The fourth-order valence-electron chi connectivity index (χ4n) is 1.32. The van der Waals surface area contributed by atoms with E-state index in [2.05, 4.69) is 6.58 Å². The molecule has 0 bridgehead atoms. The van der Waals surface area contributed by atoms with Crippen LogP contribution in [0.1, 0.15) is 5.56 Å². The lowest BCUT2D eigenvalue weighted by Crippen LogP contribution is -1.99. The summed E-state index contributed by atoms with van der Waals surface area (Å²) in [7, 11) is 2.88. The Morgan fingerprint density at radius 3 is 2.25 bits per heavy atom. The van der Waals surface area contributed by atoms with Gasteiger partial charge < -0.3 is 14.6 Å². The molecule has 1 N–H and O–H groups in total. The average molecular weight is 222 g/mol. The normalized spacial score (nSPS) is 9.62. The van der Waals surface area contributed by atoms with Gasteiger partial charge in [0, 0.05) is 6.42 Å². The number of ketones is 1. The molecule has 0 aliphatic heterocycles. The van der Waals surface area contributed by atoms with Gasteiger partial charge in [0.2, 0.25) is 5.75 Å². The van der Waals surface area contributed by atoms with Gasteiger partial charge in [0.25, 0.3) is 0 Å². The maximum atomic E-state index is 11.2. The van der Waals surface area contributed by atoms with Crippen molar-refractivity contribution >= 4 is 5.78 Å². The van der Waals surface area contributed by atoms with Gasteiger partial charge in [0.15, 0.2) is 17.3 Å². The molecule has 1 aromatic carbocycles. The van der Waals surface area contributed by atoms with Gasteiger partial charge in [-0.05, 0) is 23.8 Å². The fourth-order valence-corrected chi connectivity index (χ4v) is 1.32. The molecular weight excluding hydrogens is 208 g/mol. The Labute approximate surface area is 94.1 Å². The van der Waals surface area contributed by atoms with Gasteiger partial charge in [-0.15, -0.1) is 0 Å². The van der Waals surface area contributed by atoms with Crippen LogP contribution in [-0.4, -0.2) is 25.1 Å². The predicted molar refractivity (Wildman–Crippen MR) is 60.1 cm³/mol. The van der Waals surface area contributed by atoms with Crippen molar-refractivity contribution in [3.05, 3.63) is 30.4 Å². The number of phenols is 1. The highest BCUT2D eigenvalue weighted by Crippen LogP contribution is 2.37. The van der Waals surface area contributed by atoms with Crippen molar-refractivity contribution in [2.24, 2.45) is 0 Å². The molecule has 0 amide bonds. The molecule has 0 unspecified atom stereocenters.